The number of nitrogens with one attached hydrogen (secondary N) is 1. The lowest BCUT2D eigenvalue weighted by Gasteiger charge is -2.31. The topological polar surface area (TPSA) is 67.6 Å². The van der Waals surface area contributed by atoms with Gasteiger partial charge in [0.05, 0.1) is 19.3 Å². The minimum absolute atomic E-state index is 0.0210. The lowest BCUT2D eigenvalue weighted by Crippen LogP contribution is -2.48. The summed E-state index contributed by atoms with van der Waals surface area (Å²) in [7, 11) is 0. The Morgan fingerprint density at radius 2 is 2.42 bits per heavy atom. The summed E-state index contributed by atoms with van der Waals surface area (Å²) >= 11 is 5.87. The highest BCUT2D eigenvalue weighted by atomic mass is 35.5. The Hall–Kier alpha value is -1.14. The van der Waals surface area contributed by atoms with Gasteiger partial charge in [0.1, 0.15) is 0 Å². The largest absolute Gasteiger partial charge is 0.374 e. The molecule has 5 nitrogen and oxygen atoms in total. The first-order valence-electron chi connectivity index (χ1n) is 6.27. The van der Waals surface area contributed by atoms with Gasteiger partial charge in [0.2, 0.25) is 5.91 Å². The van der Waals surface area contributed by atoms with E-state index in [0.717, 1.165) is 6.54 Å². The summed E-state index contributed by atoms with van der Waals surface area (Å²) in [6.45, 7) is 2.88. The Morgan fingerprint density at radius 3 is 3.16 bits per heavy atom. The normalized spacial score (nSPS) is 20.2. The lowest BCUT2D eigenvalue weighted by atomic mass is 10.2. The highest BCUT2D eigenvalue weighted by molar-refractivity contribution is 6.30. The summed E-state index contributed by atoms with van der Waals surface area (Å²) in [5.41, 5.74) is 6.28. The van der Waals surface area contributed by atoms with Crippen LogP contribution in [0, 0.1) is 0 Å². The summed E-state index contributed by atoms with van der Waals surface area (Å²) in [5.74, 6) is -0.0556. The van der Waals surface area contributed by atoms with E-state index < -0.39 is 0 Å². The first kappa shape index (κ1) is 14.3. The van der Waals surface area contributed by atoms with Gasteiger partial charge < -0.3 is 15.8 Å². The second kappa shape index (κ2) is 6.86. The molecular formula is C13H18ClN3O2. The molecule has 1 aromatic carbocycles. The molecule has 0 aliphatic carbocycles. The van der Waals surface area contributed by atoms with E-state index in [0.29, 0.717) is 37.0 Å². The average Bonchev–Trinajstić information content (AvgIpc) is 2.38. The molecule has 1 saturated heterocycles. The molecule has 0 spiro atoms. The van der Waals surface area contributed by atoms with Crippen molar-refractivity contribution in [1.82, 2.24) is 4.90 Å². The average molecular weight is 284 g/mol. The Labute approximate surface area is 117 Å². The van der Waals surface area contributed by atoms with Crippen LogP contribution in [0.25, 0.3) is 0 Å². The molecule has 2 rings (SSSR count). The highest BCUT2D eigenvalue weighted by Crippen LogP contribution is 2.15. The predicted molar refractivity (Wildman–Crippen MR) is 75.3 cm³/mol. The van der Waals surface area contributed by atoms with Gasteiger partial charge in [0.25, 0.3) is 0 Å². The number of rotatable bonds is 4. The quantitative estimate of drug-likeness (QED) is 0.863. The fourth-order valence-corrected chi connectivity index (χ4v) is 2.23. The van der Waals surface area contributed by atoms with Crippen LogP contribution in [0.4, 0.5) is 5.69 Å². The van der Waals surface area contributed by atoms with Crippen LogP contribution in [0.5, 0.6) is 0 Å². The van der Waals surface area contributed by atoms with Gasteiger partial charge in [-0.3, -0.25) is 9.69 Å². The molecule has 1 amide bonds. The van der Waals surface area contributed by atoms with E-state index in [4.69, 9.17) is 22.1 Å². The molecule has 3 N–H and O–H groups in total. The van der Waals surface area contributed by atoms with Crippen LogP contribution < -0.4 is 11.1 Å². The SMILES string of the molecule is NCC1CN(CC(=O)Nc2cccc(Cl)c2)CCO1. The summed E-state index contributed by atoms with van der Waals surface area (Å²) in [4.78, 5) is 14.0. The van der Waals surface area contributed by atoms with Crippen LogP contribution in [0.15, 0.2) is 24.3 Å². The summed E-state index contributed by atoms with van der Waals surface area (Å²) < 4.78 is 5.46. The van der Waals surface area contributed by atoms with Crippen molar-refractivity contribution >= 4 is 23.2 Å². The second-order valence-electron chi connectivity index (χ2n) is 4.52. The molecular weight excluding hydrogens is 266 g/mol. The van der Waals surface area contributed by atoms with Crippen LogP contribution >= 0.6 is 11.6 Å². The number of carbonyl (C=O) groups is 1. The van der Waals surface area contributed by atoms with Crippen molar-refractivity contribution in [3.8, 4) is 0 Å². The van der Waals surface area contributed by atoms with Crippen molar-refractivity contribution in [2.45, 2.75) is 6.10 Å². The van der Waals surface area contributed by atoms with Gasteiger partial charge in [-0.1, -0.05) is 17.7 Å². The van der Waals surface area contributed by atoms with E-state index in [9.17, 15) is 4.79 Å². The number of nitrogens with two attached hydrogens (primary N) is 1. The maximum absolute atomic E-state index is 11.9. The Balaban J connectivity index is 1.84. The number of amides is 1. The molecule has 1 heterocycles. The number of ether oxygens (including phenoxy) is 1. The Morgan fingerprint density at radius 1 is 1.58 bits per heavy atom. The number of nitrogens with zero attached hydrogens (tertiary/aromatic N) is 1. The fourth-order valence-electron chi connectivity index (χ4n) is 2.04. The molecule has 1 aromatic rings. The molecule has 1 aliphatic heterocycles. The molecule has 0 radical (unpaired) electrons. The number of carbonyl (C=O) groups excluding carboxylic acids is 1. The molecule has 104 valence electrons. The zero-order valence-corrected chi connectivity index (χ0v) is 11.4. The van der Waals surface area contributed by atoms with Crippen molar-refractivity contribution in [3.05, 3.63) is 29.3 Å². The Bertz CT molecular complexity index is 442. The third kappa shape index (κ3) is 4.47. The van der Waals surface area contributed by atoms with Gasteiger partial charge in [-0.2, -0.15) is 0 Å². The Kier molecular flexibility index (Phi) is 5.15. The van der Waals surface area contributed by atoms with Crippen molar-refractivity contribution < 1.29 is 9.53 Å². The van der Waals surface area contributed by atoms with E-state index in [1.165, 1.54) is 0 Å². The maximum Gasteiger partial charge on any atom is 0.238 e. The second-order valence-corrected chi connectivity index (χ2v) is 4.96. The molecule has 0 bridgehead atoms. The highest BCUT2D eigenvalue weighted by Gasteiger charge is 2.20. The van der Waals surface area contributed by atoms with E-state index in [-0.39, 0.29) is 12.0 Å². The zero-order valence-electron chi connectivity index (χ0n) is 10.6. The van der Waals surface area contributed by atoms with E-state index in [1.807, 2.05) is 11.0 Å². The van der Waals surface area contributed by atoms with Gasteiger partial charge in [0, 0.05) is 30.3 Å². The summed E-state index contributed by atoms with van der Waals surface area (Å²) in [6, 6.07) is 7.11. The van der Waals surface area contributed by atoms with Gasteiger partial charge in [0.15, 0.2) is 0 Å². The summed E-state index contributed by atoms with van der Waals surface area (Å²) in [6.07, 6.45) is 0.0210. The molecule has 1 fully saturated rings. The first-order valence-corrected chi connectivity index (χ1v) is 6.64. The van der Waals surface area contributed by atoms with Gasteiger partial charge in [-0.05, 0) is 18.2 Å². The number of morpholine rings is 1. The minimum Gasteiger partial charge on any atom is -0.374 e. The first-order chi connectivity index (χ1) is 9.17. The fraction of sp³-hybridized carbons (Fsp3) is 0.462. The monoisotopic (exact) mass is 283 g/mol. The molecule has 19 heavy (non-hydrogen) atoms. The number of hydrogen-bond donors (Lipinski definition) is 2. The van der Waals surface area contributed by atoms with Crippen molar-refractivity contribution in [1.29, 1.82) is 0 Å². The number of benzene rings is 1. The molecule has 1 unspecified atom stereocenters. The summed E-state index contributed by atoms with van der Waals surface area (Å²) in [5, 5.41) is 3.43. The molecule has 6 heteroatoms. The molecule has 0 aromatic heterocycles. The third-order valence-electron chi connectivity index (χ3n) is 2.96. The predicted octanol–water partition coefficient (Wildman–Crippen LogP) is 0.938. The van der Waals surface area contributed by atoms with Crippen LogP contribution in [0.1, 0.15) is 0 Å². The maximum atomic E-state index is 11.9. The van der Waals surface area contributed by atoms with Crippen molar-refractivity contribution in [2.75, 3.05) is 38.1 Å². The van der Waals surface area contributed by atoms with E-state index in [1.54, 1.807) is 18.2 Å². The van der Waals surface area contributed by atoms with Crippen LogP contribution in [-0.2, 0) is 9.53 Å². The van der Waals surface area contributed by atoms with Crippen LogP contribution in [-0.4, -0.2) is 49.7 Å². The number of hydrogen-bond acceptors (Lipinski definition) is 4. The zero-order chi connectivity index (χ0) is 13.7. The molecule has 0 saturated carbocycles. The van der Waals surface area contributed by atoms with Crippen LogP contribution in [0.2, 0.25) is 5.02 Å². The van der Waals surface area contributed by atoms with Crippen molar-refractivity contribution in [2.24, 2.45) is 5.73 Å². The third-order valence-corrected chi connectivity index (χ3v) is 3.20. The minimum atomic E-state index is -0.0556. The van der Waals surface area contributed by atoms with Gasteiger partial charge >= 0.3 is 0 Å². The van der Waals surface area contributed by atoms with E-state index >= 15 is 0 Å². The molecule has 1 aliphatic rings. The van der Waals surface area contributed by atoms with Gasteiger partial charge in [-0.15, -0.1) is 0 Å². The number of anilines is 1. The number of halogens is 1. The standard InChI is InChI=1S/C13H18ClN3O2/c14-10-2-1-3-11(6-10)16-13(18)9-17-4-5-19-12(7-15)8-17/h1-3,6,12H,4-5,7-9,15H2,(H,16,18). The van der Waals surface area contributed by atoms with E-state index in [2.05, 4.69) is 5.32 Å². The smallest absolute Gasteiger partial charge is 0.238 e. The molecule has 1 atom stereocenters. The van der Waals surface area contributed by atoms with Gasteiger partial charge in [-0.25, -0.2) is 0 Å². The lowest BCUT2D eigenvalue weighted by molar-refractivity contribution is -0.119. The van der Waals surface area contributed by atoms with Crippen LogP contribution in [0.3, 0.4) is 0 Å². The van der Waals surface area contributed by atoms with Crippen molar-refractivity contribution in [3.63, 3.8) is 0 Å².